The summed E-state index contributed by atoms with van der Waals surface area (Å²) in [4.78, 5) is 0. The lowest BCUT2D eigenvalue weighted by Crippen LogP contribution is -1.80. The molecule has 1 aromatic carbocycles. The second-order valence-corrected chi connectivity index (χ2v) is 3.86. The molecular formula is C10H9BrN2. The van der Waals surface area contributed by atoms with Crippen molar-refractivity contribution in [1.29, 1.82) is 0 Å². The van der Waals surface area contributed by atoms with Gasteiger partial charge in [0.25, 0.3) is 0 Å². The molecule has 0 aliphatic carbocycles. The number of hydrogen-bond acceptors (Lipinski definition) is 1. The lowest BCUT2D eigenvalue weighted by molar-refractivity contribution is 1.09. The number of halogens is 1. The third-order valence-electron chi connectivity index (χ3n) is 2.01. The van der Waals surface area contributed by atoms with E-state index in [1.54, 1.807) is 0 Å². The molecule has 2 nitrogen and oxygen atoms in total. The van der Waals surface area contributed by atoms with Gasteiger partial charge in [0.15, 0.2) is 0 Å². The van der Waals surface area contributed by atoms with Crippen LogP contribution in [-0.2, 0) is 0 Å². The Kier molecular flexibility index (Phi) is 2.19. The van der Waals surface area contributed by atoms with E-state index in [9.17, 15) is 0 Å². The summed E-state index contributed by atoms with van der Waals surface area (Å²) in [6.07, 6.45) is 3.73. The molecule has 13 heavy (non-hydrogen) atoms. The number of nitrogens with one attached hydrogen (secondary N) is 1. The van der Waals surface area contributed by atoms with Crippen molar-refractivity contribution < 1.29 is 0 Å². The standard InChI is InChI=1S/C10H9BrN2/c1-7-2-3-9(11)4-10(7)8-5-12-13-6-8/h2-6H,1H3,(H,12,13). The number of aromatic amines is 1. The zero-order chi connectivity index (χ0) is 9.26. The molecule has 0 aliphatic heterocycles. The minimum atomic E-state index is 1.09. The van der Waals surface area contributed by atoms with E-state index in [0.29, 0.717) is 0 Å². The maximum absolute atomic E-state index is 3.93. The van der Waals surface area contributed by atoms with E-state index in [4.69, 9.17) is 0 Å². The van der Waals surface area contributed by atoms with Gasteiger partial charge < -0.3 is 0 Å². The van der Waals surface area contributed by atoms with Crippen LogP contribution in [0, 0.1) is 6.92 Å². The van der Waals surface area contributed by atoms with Crippen molar-refractivity contribution in [3.05, 3.63) is 40.6 Å². The molecule has 2 aromatic rings. The van der Waals surface area contributed by atoms with Crippen LogP contribution in [0.25, 0.3) is 11.1 Å². The molecule has 2 rings (SSSR count). The summed E-state index contributed by atoms with van der Waals surface area (Å²) < 4.78 is 1.09. The number of hydrogen-bond donors (Lipinski definition) is 1. The van der Waals surface area contributed by atoms with Crippen molar-refractivity contribution in [3.8, 4) is 11.1 Å². The highest BCUT2D eigenvalue weighted by atomic mass is 79.9. The first-order chi connectivity index (χ1) is 6.27. The van der Waals surface area contributed by atoms with Crippen LogP contribution >= 0.6 is 15.9 Å². The van der Waals surface area contributed by atoms with Crippen LogP contribution in [0.4, 0.5) is 0 Å². The molecule has 1 N–H and O–H groups in total. The molecule has 66 valence electrons. The van der Waals surface area contributed by atoms with E-state index >= 15 is 0 Å². The average Bonchev–Trinajstić information content (AvgIpc) is 2.61. The number of rotatable bonds is 1. The molecule has 1 heterocycles. The van der Waals surface area contributed by atoms with Crippen molar-refractivity contribution in [2.45, 2.75) is 6.92 Å². The Morgan fingerprint density at radius 2 is 2.23 bits per heavy atom. The first-order valence-corrected chi connectivity index (χ1v) is 4.82. The van der Waals surface area contributed by atoms with Gasteiger partial charge in [0, 0.05) is 16.2 Å². The van der Waals surface area contributed by atoms with Crippen LogP contribution in [-0.4, -0.2) is 10.2 Å². The predicted octanol–water partition coefficient (Wildman–Crippen LogP) is 3.15. The van der Waals surface area contributed by atoms with Gasteiger partial charge in [-0.2, -0.15) is 5.10 Å². The SMILES string of the molecule is Cc1ccc(Br)cc1-c1cn[nH]c1. The molecule has 0 aliphatic rings. The third kappa shape index (κ3) is 1.65. The van der Waals surface area contributed by atoms with Crippen LogP contribution in [0.15, 0.2) is 35.1 Å². The average molecular weight is 237 g/mol. The van der Waals surface area contributed by atoms with Gasteiger partial charge in [-0.05, 0) is 30.2 Å². The molecule has 0 atom stereocenters. The molecular weight excluding hydrogens is 228 g/mol. The summed E-state index contributed by atoms with van der Waals surface area (Å²) >= 11 is 3.45. The van der Waals surface area contributed by atoms with E-state index < -0.39 is 0 Å². The van der Waals surface area contributed by atoms with Gasteiger partial charge in [0.1, 0.15) is 0 Å². The first-order valence-electron chi connectivity index (χ1n) is 4.02. The van der Waals surface area contributed by atoms with E-state index in [0.717, 1.165) is 10.0 Å². The largest absolute Gasteiger partial charge is 0.285 e. The topological polar surface area (TPSA) is 28.7 Å². The van der Waals surface area contributed by atoms with Crippen molar-refractivity contribution in [3.63, 3.8) is 0 Å². The lowest BCUT2D eigenvalue weighted by Gasteiger charge is -2.02. The lowest BCUT2D eigenvalue weighted by atomic mass is 10.0. The summed E-state index contributed by atoms with van der Waals surface area (Å²) in [6.45, 7) is 2.09. The number of aromatic nitrogens is 2. The van der Waals surface area contributed by atoms with Crippen LogP contribution in [0.2, 0.25) is 0 Å². The first kappa shape index (κ1) is 8.51. The monoisotopic (exact) mass is 236 g/mol. The van der Waals surface area contributed by atoms with Gasteiger partial charge in [0.05, 0.1) is 6.20 Å². The van der Waals surface area contributed by atoms with Gasteiger partial charge in [-0.1, -0.05) is 22.0 Å². The molecule has 0 unspecified atom stereocenters. The van der Waals surface area contributed by atoms with E-state index in [1.165, 1.54) is 11.1 Å². The van der Waals surface area contributed by atoms with Crippen LogP contribution in [0.3, 0.4) is 0 Å². The highest BCUT2D eigenvalue weighted by Crippen LogP contribution is 2.25. The molecule has 0 saturated heterocycles. The minimum absolute atomic E-state index is 1.09. The van der Waals surface area contributed by atoms with Gasteiger partial charge in [-0.15, -0.1) is 0 Å². The summed E-state index contributed by atoms with van der Waals surface area (Å²) in [5.41, 5.74) is 3.59. The third-order valence-corrected chi connectivity index (χ3v) is 2.50. The normalized spacial score (nSPS) is 10.3. The highest BCUT2D eigenvalue weighted by molar-refractivity contribution is 9.10. The quantitative estimate of drug-likeness (QED) is 0.810. The van der Waals surface area contributed by atoms with Gasteiger partial charge in [0.2, 0.25) is 0 Å². The predicted molar refractivity (Wildman–Crippen MR) is 56.5 cm³/mol. The Labute approximate surface area is 85.1 Å². The number of benzene rings is 1. The van der Waals surface area contributed by atoms with E-state index in [2.05, 4.69) is 45.2 Å². The smallest absolute Gasteiger partial charge is 0.0565 e. The number of H-pyrrole nitrogens is 1. The molecule has 0 radical (unpaired) electrons. The Morgan fingerprint density at radius 1 is 1.38 bits per heavy atom. The summed E-state index contributed by atoms with van der Waals surface area (Å²) in [7, 11) is 0. The zero-order valence-electron chi connectivity index (χ0n) is 7.21. The van der Waals surface area contributed by atoms with Crippen LogP contribution < -0.4 is 0 Å². The molecule has 0 spiro atoms. The fourth-order valence-corrected chi connectivity index (χ4v) is 1.66. The van der Waals surface area contributed by atoms with Crippen LogP contribution in [0.5, 0.6) is 0 Å². The summed E-state index contributed by atoms with van der Waals surface area (Å²) in [5, 5.41) is 6.74. The van der Waals surface area contributed by atoms with Gasteiger partial charge in [-0.25, -0.2) is 0 Å². The molecule has 0 fully saturated rings. The van der Waals surface area contributed by atoms with Crippen molar-refractivity contribution in [2.75, 3.05) is 0 Å². The van der Waals surface area contributed by atoms with E-state index in [-0.39, 0.29) is 0 Å². The zero-order valence-corrected chi connectivity index (χ0v) is 8.80. The van der Waals surface area contributed by atoms with Crippen molar-refractivity contribution in [1.82, 2.24) is 10.2 Å². The highest BCUT2D eigenvalue weighted by Gasteiger charge is 2.02. The Hall–Kier alpha value is -1.09. The van der Waals surface area contributed by atoms with Crippen molar-refractivity contribution >= 4 is 15.9 Å². The molecule has 1 aromatic heterocycles. The maximum Gasteiger partial charge on any atom is 0.0565 e. The summed E-state index contributed by atoms with van der Waals surface area (Å²) in [5.74, 6) is 0. The van der Waals surface area contributed by atoms with Gasteiger partial charge in [-0.3, -0.25) is 5.10 Å². The Morgan fingerprint density at radius 3 is 2.92 bits per heavy atom. The number of nitrogens with zero attached hydrogens (tertiary/aromatic N) is 1. The second-order valence-electron chi connectivity index (χ2n) is 2.95. The van der Waals surface area contributed by atoms with Crippen LogP contribution in [0.1, 0.15) is 5.56 Å². The fourth-order valence-electron chi connectivity index (χ4n) is 1.30. The second kappa shape index (κ2) is 3.34. The van der Waals surface area contributed by atoms with E-state index in [1.807, 2.05) is 18.5 Å². The van der Waals surface area contributed by atoms with Crippen molar-refractivity contribution in [2.24, 2.45) is 0 Å². The minimum Gasteiger partial charge on any atom is -0.285 e. The Balaban J connectivity index is 2.57. The number of aryl methyl sites for hydroxylation is 1. The Bertz CT molecular complexity index is 407. The molecule has 0 saturated carbocycles. The molecule has 0 bridgehead atoms. The molecule has 0 amide bonds. The fraction of sp³-hybridized carbons (Fsp3) is 0.100. The van der Waals surface area contributed by atoms with Gasteiger partial charge >= 0.3 is 0 Å². The maximum atomic E-state index is 3.93. The summed E-state index contributed by atoms with van der Waals surface area (Å²) in [6, 6.07) is 6.23. The molecule has 3 heteroatoms.